The van der Waals surface area contributed by atoms with E-state index in [1.807, 2.05) is 0 Å². The van der Waals surface area contributed by atoms with E-state index in [1.54, 1.807) is 0 Å². The Kier molecular flexibility index (Phi) is 10.1. The van der Waals surface area contributed by atoms with Crippen LogP contribution in [0.2, 0.25) is 0 Å². The summed E-state index contributed by atoms with van der Waals surface area (Å²) in [6.45, 7) is 6.73. The van der Waals surface area contributed by atoms with Gasteiger partial charge in [0.05, 0.1) is 0 Å². The predicted octanol–water partition coefficient (Wildman–Crippen LogP) is 18.3. The third kappa shape index (κ3) is 7.38. The van der Waals surface area contributed by atoms with Crippen LogP contribution in [-0.4, -0.2) is 0 Å². The van der Waals surface area contributed by atoms with E-state index in [1.165, 1.54) is 112 Å². The van der Waals surface area contributed by atoms with Crippen molar-refractivity contribution in [1.82, 2.24) is 0 Å². The molecule has 0 heterocycles. The maximum atomic E-state index is 2.47. The third-order valence-electron chi connectivity index (χ3n) is 14.6. The molecule has 10 aromatic carbocycles. The lowest BCUT2D eigenvalue weighted by atomic mass is 9.83. The van der Waals surface area contributed by atoms with E-state index in [0.717, 1.165) is 17.1 Å². The Hall–Kier alpha value is -8.00. The van der Waals surface area contributed by atoms with Crippen LogP contribution >= 0.6 is 0 Å². The van der Waals surface area contributed by atoms with Gasteiger partial charge in [-0.1, -0.05) is 194 Å². The van der Waals surface area contributed by atoms with Crippen LogP contribution in [0.3, 0.4) is 0 Å². The lowest BCUT2D eigenvalue weighted by Gasteiger charge is -2.26. The minimum atomic E-state index is 0.593. The van der Waals surface area contributed by atoms with Crippen LogP contribution in [0.15, 0.2) is 231 Å². The molecule has 0 radical (unpaired) electrons. The summed E-state index contributed by atoms with van der Waals surface area (Å²) in [5.41, 5.74) is 28.1. The largest absolute Gasteiger partial charge is 0.311 e. The number of aryl methyl sites for hydroxylation is 1. The number of rotatable bonds is 9. The smallest absolute Gasteiger partial charge is 0.0462 e. The second-order valence-electron chi connectivity index (χ2n) is 18.5. The van der Waals surface area contributed by atoms with Crippen molar-refractivity contribution in [3.05, 3.63) is 258 Å². The van der Waals surface area contributed by atoms with Gasteiger partial charge < -0.3 is 4.90 Å². The molecule has 10 aromatic rings. The van der Waals surface area contributed by atoms with Crippen molar-refractivity contribution in [2.75, 3.05) is 4.90 Å². The van der Waals surface area contributed by atoms with Crippen LogP contribution in [0.5, 0.6) is 0 Å². The average molecular weight is 858 g/mol. The van der Waals surface area contributed by atoms with Gasteiger partial charge in [-0.25, -0.2) is 0 Å². The highest BCUT2D eigenvalue weighted by atomic mass is 15.1. The quantitative estimate of drug-likeness (QED) is 0.140. The summed E-state index contributed by atoms with van der Waals surface area (Å²) in [4.78, 5) is 2.38. The van der Waals surface area contributed by atoms with E-state index < -0.39 is 0 Å². The number of hydrogen-bond acceptors (Lipinski definition) is 1. The van der Waals surface area contributed by atoms with Gasteiger partial charge in [0.2, 0.25) is 0 Å². The summed E-state index contributed by atoms with van der Waals surface area (Å²) in [6, 6.07) is 85.1. The van der Waals surface area contributed by atoms with Crippen LogP contribution < -0.4 is 4.90 Å². The molecule has 1 heteroatoms. The van der Waals surface area contributed by atoms with Crippen LogP contribution in [0.25, 0.3) is 77.9 Å². The summed E-state index contributed by atoms with van der Waals surface area (Å²) >= 11 is 0. The molecule has 0 spiro atoms. The molecule has 67 heavy (non-hydrogen) atoms. The number of fused-ring (bicyclic) bond motifs is 6. The molecule has 0 N–H and O–H groups in total. The van der Waals surface area contributed by atoms with E-state index in [4.69, 9.17) is 0 Å². The molecule has 0 aromatic heterocycles. The predicted molar refractivity (Wildman–Crippen MR) is 283 cm³/mol. The van der Waals surface area contributed by atoms with Crippen molar-refractivity contribution in [1.29, 1.82) is 0 Å². The molecule has 12 rings (SSSR count). The minimum Gasteiger partial charge on any atom is -0.311 e. The molecular formula is C66H51N. The van der Waals surface area contributed by atoms with E-state index >= 15 is 0 Å². The molecule has 2 unspecified atom stereocenters. The first-order valence-electron chi connectivity index (χ1n) is 23.7. The fourth-order valence-corrected chi connectivity index (χ4v) is 10.9. The second kappa shape index (κ2) is 16.8. The average Bonchev–Trinajstić information content (AvgIpc) is 4.20. The molecule has 1 saturated carbocycles. The fourth-order valence-electron chi connectivity index (χ4n) is 10.9. The normalized spacial score (nSPS) is 14.4. The van der Waals surface area contributed by atoms with Crippen molar-refractivity contribution < 1.29 is 0 Å². The molecular weight excluding hydrogens is 807 g/mol. The molecule has 2 aliphatic carbocycles. The van der Waals surface area contributed by atoms with Gasteiger partial charge in [0.15, 0.2) is 0 Å². The Bertz CT molecular complexity index is 3440. The summed E-state index contributed by atoms with van der Waals surface area (Å²) in [5.74, 6) is 1.20. The van der Waals surface area contributed by atoms with Crippen molar-refractivity contribution >= 4 is 17.1 Å². The zero-order valence-electron chi connectivity index (χ0n) is 38.2. The zero-order valence-corrected chi connectivity index (χ0v) is 38.2. The minimum absolute atomic E-state index is 0.593. The van der Waals surface area contributed by atoms with E-state index in [9.17, 15) is 0 Å². The van der Waals surface area contributed by atoms with E-state index in [0.29, 0.717) is 11.8 Å². The Morgan fingerprint density at radius 1 is 0.284 bits per heavy atom. The lowest BCUT2D eigenvalue weighted by molar-refractivity contribution is 1.01. The summed E-state index contributed by atoms with van der Waals surface area (Å²) in [5, 5.41) is 0. The highest BCUT2D eigenvalue weighted by Gasteiger charge is 2.45. The van der Waals surface area contributed by atoms with E-state index in [2.05, 4.69) is 256 Å². The molecule has 0 bridgehead atoms. The summed E-state index contributed by atoms with van der Waals surface area (Å²) < 4.78 is 0. The maximum absolute atomic E-state index is 2.47. The first kappa shape index (κ1) is 40.5. The standard InChI is InChI=1S/C66H51N/c1-43-14-10-11-19-56(43)58-21-13-23-60(45(58)3)59-22-12-20-57(44(59)2)50-28-36-55(37-29-50)67(53-32-24-48(25-33-53)46-15-6-4-7-16-46)54-34-26-49(27-35-54)52-31-39-62-61-38-30-51(47-17-8-5-9-18-47)40-63(61)65-42-66(65)64(62)41-52/h4-41,65-66H,42H2,1-3H3. The number of benzene rings is 10. The van der Waals surface area contributed by atoms with Gasteiger partial charge in [-0.15, -0.1) is 0 Å². The molecule has 2 aliphatic rings. The molecule has 0 aliphatic heterocycles. The van der Waals surface area contributed by atoms with Crippen LogP contribution in [-0.2, 0) is 0 Å². The number of nitrogens with zero attached hydrogens (tertiary/aromatic N) is 1. The topological polar surface area (TPSA) is 3.24 Å². The van der Waals surface area contributed by atoms with Gasteiger partial charge in [-0.2, -0.15) is 0 Å². The molecule has 1 fully saturated rings. The summed E-state index contributed by atoms with van der Waals surface area (Å²) in [6.07, 6.45) is 1.23. The van der Waals surface area contributed by atoms with Gasteiger partial charge >= 0.3 is 0 Å². The van der Waals surface area contributed by atoms with Gasteiger partial charge in [0.1, 0.15) is 0 Å². The highest BCUT2D eigenvalue weighted by molar-refractivity contribution is 5.87. The van der Waals surface area contributed by atoms with Gasteiger partial charge in [-0.3, -0.25) is 0 Å². The van der Waals surface area contributed by atoms with Crippen LogP contribution in [0, 0.1) is 20.8 Å². The number of hydrogen-bond donors (Lipinski definition) is 0. The highest BCUT2D eigenvalue weighted by Crippen LogP contribution is 2.63. The first-order chi connectivity index (χ1) is 33.0. The third-order valence-corrected chi connectivity index (χ3v) is 14.6. The van der Waals surface area contributed by atoms with Gasteiger partial charge in [0.25, 0.3) is 0 Å². The van der Waals surface area contributed by atoms with Gasteiger partial charge in [0, 0.05) is 17.1 Å². The number of anilines is 3. The van der Waals surface area contributed by atoms with Gasteiger partial charge in [-0.05, 0) is 181 Å². The molecule has 0 saturated heterocycles. The Balaban J connectivity index is 0.869. The fraction of sp³-hybridized carbons (Fsp3) is 0.0909. The van der Waals surface area contributed by atoms with Crippen molar-refractivity contribution in [2.24, 2.45) is 0 Å². The van der Waals surface area contributed by atoms with Crippen molar-refractivity contribution in [2.45, 2.75) is 39.0 Å². The maximum Gasteiger partial charge on any atom is 0.0462 e. The van der Waals surface area contributed by atoms with E-state index in [-0.39, 0.29) is 0 Å². The zero-order chi connectivity index (χ0) is 45.0. The Morgan fingerprint density at radius 3 is 1.15 bits per heavy atom. The lowest BCUT2D eigenvalue weighted by Crippen LogP contribution is -2.09. The van der Waals surface area contributed by atoms with Crippen LogP contribution in [0.4, 0.5) is 17.1 Å². The molecule has 1 nitrogen and oxygen atoms in total. The Labute approximate surface area is 395 Å². The second-order valence-corrected chi connectivity index (χ2v) is 18.5. The summed E-state index contributed by atoms with van der Waals surface area (Å²) in [7, 11) is 0. The molecule has 2 atom stereocenters. The van der Waals surface area contributed by atoms with Crippen molar-refractivity contribution in [3.8, 4) is 77.9 Å². The monoisotopic (exact) mass is 857 g/mol. The first-order valence-corrected chi connectivity index (χ1v) is 23.7. The Morgan fingerprint density at radius 2 is 0.642 bits per heavy atom. The van der Waals surface area contributed by atoms with Crippen molar-refractivity contribution in [3.63, 3.8) is 0 Å². The molecule has 0 amide bonds. The van der Waals surface area contributed by atoms with Crippen LogP contribution in [0.1, 0.15) is 46.1 Å². The SMILES string of the molecule is Cc1ccccc1-c1cccc(-c2cccc(-c3ccc(N(c4ccc(-c5ccccc5)cc4)c4ccc(-c5ccc6c(c5)C5CC5c5cc(-c7ccccc7)ccc5-6)cc4)cc3)c2C)c1C. The molecule has 320 valence electrons.